The summed E-state index contributed by atoms with van der Waals surface area (Å²) in [5.41, 5.74) is 0. The van der Waals surface area contributed by atoms with Gasteiger partial charge in [-0.1, -0.05) is 26.7 Å². The van der Waals surface area contributed by atoms with Crippen LogP contribution in [0.25, 0.3) is 0 Å². The van der Waals surface area contributed by atoms with E-state index in [2.05, 4.69) is 19.2 Å². The van der Waals surface area contributed by atoms with E-state index in [9.17, 15) is 0 Å². The second-order valence-corrected chi connectivity index (χ2v) is 4.41. The lowest BCUT2D eigenvalue weighted by atomic mass is 10.0. The standard InChI is InChI=1S/C12H25NO/c1-3-5-12(6-4-2)13-9-11-7-8-14-10-11/h11-13H,3-10H2,1-2H3. The van der Waals surface area contributed by atoms with Gasteiger partial charge < -0.3 is 10.1 Å². The van der Waals surface area contributed by atoms with Crippen molar-refractivity contribution >= 4 is 0 Å². The number of rotatable bonds is 7. The molecule has 0 saturated carbocycles. The van der Waals surface area contributed by atoms with E-state index in [0.717, 1.165) is 31.7 Å². The second-order valence-electron chi connectivity index (χ2n) is 4.41. The maximum absolute atomic E-state index is 5.37. The normalized spacial score (nSPS) is 22.1. The zero-order chi connectivity index (χ0) is 10.2. The average molecular weight is 199 g/mol. The summed E-state index contributed by atoms with van der Waals surface area (Å²) < 4.78 is 5.37. The summed E-state index contributed by atoms with van der Waals surface area (Å²) in [4.78, 5) is 0. The molecule has 14 heavy (non-hydrogen) atoms. The predicted molar refractivity (Wildman–Crippen MR) is 60.5 cm³/mol. The maximum Gasteiger partial charge on any atom is 0.0507 e. The maximum atomic E-state index is 5.37. The minimum Gasteiger partial charge on any atom is -0.381 e. The highest BCUT2D eigenvalue weighted by atomic mass is 16.5. The molecule has 1 aliphatic rings. The van der Waals surface area contributed by atoms with Gasteiger partial charge in [0.2, 0.25) is 0 Å². The van der Waals surface area contributed by atoms with Gasteiger partial charge in [0.1, 0.15) is 0 Å². The van der Waals surface area contributed by atoms with Crippen molar-refractivity contribution in [3.63, 3.8) is 0 Å². The van der Waals surface area contributed by atoms with E-state index in [1.807, 2.05) is 0 Å². The van der Waals surface area contributed by atoms with Crippen LogP contribution in [0.15, 0.2) is 0 Å². The van der Waals surface area contributed by atoms with Gasteiger partial charge in [-0.15, -0.1) is 0 Å². The van der Waals surface area contributed by atoms with Crippen LogP contribution in [0.3, 0.4) is 0 Å². The van der Waals surface area contributed by atoms with E-state index < -0.39 is 0 Å². The summed E-state index contributed by atoms with van der Waals surface area (Å²) >= 11 is 0. The third-order valence-electron chi connectivity index (χ3n) is 2.99. The predicted octanol–water partition coefficient (Wildman–Crippen LogP) is 2.58. The van der Waals surface area contributed by atoms with Crippen LogP contribution in [0.5, 0.6) is 0 Å². The Balaban J connectivity index is 2.10. The molecule has 0 aromatic rings. The molecule has 1 fully saturated rings. The first-order chi connectivity index (χ1) is 6.86. The highest BCUT2D eigenvalue weighted by molar-refractivity contribution is 4.71. The Labute approximate surface area is 88.4 Å². The van der Waals surface area contributed by atoms with Crippen LogP contribution >= 0.6 is 0 Å². The van der Waals surface area contributed by atoms with E-state index in [1.54, 1.807) is 0 Å². The first-order valence-electron chi connectivity index (χ1n) is 6.18. The molecule has 1 N–H and O–H groups in total. The lowest BCUT2D eigenvalue weighted by Gasteiger charge is -2.19. The molecule has 0 amide bonds. The quantitative estimate of drug-likeness (QED) is 0.680. The van der Waals surface area contributed by atoms with Crippen LogP contribution < -0.4 is 5.32 Å². The molecule has 84 valence electrons. The van der Waals surface area contributed by atoms with E-state index in [0.29, 0.717) is 0 Å². The SMILES string of the molecule is CCCC(CCC)NCC1CCOC1. The van der Waals surface area contributed by atoms with E-state index in [1.165, 1.54) is 32.1 Å². The van der Waals surface area contributed by atoms with Crippen LogP contribution in [0.1, 0.15) is 46.0 Å². The lowest BCUT2D eigenvalue weighted by Crippen LogP contribution is -2.33. The topological polar surface area (TPSA) is 21.3 Å². The fourth-order valence-electron chi connectivity index (χ4n) is 2.12. The van der Waals surface area contributed by atoms with E-state index in [-0.39, 0.29) is 0 Å². The summed E-state index contributed by atoms with van der Waals surface area (Å²) in [6.07, 6.45) is 6.47. The fourth-order valence-corrected chi connectivity index (χ4v) is 2.12. The van der Waals surface area contributed by atoms with Crippen molar-refractivity contribution in [2.75, 3.05) is 19.8 Å². The van der Waals surface area contributed by atoms with E-state index in [4.69, 9.17) is 4.74 Å². The van der Waals surface area contributed by atoms with Crippen molar-refractivity contribution in [2.24, 2.45) is 5.92 Å². The summed E-state index contributed by atoms with van der Waals surface area (Å²) in [6, 6.07) is 0.741. The highest BCUT2D eigenvalue weighted by Gasteiger charge is 2.16. The van der Waals surface area contributed by atoms with Gasteiger partial charge in [0, 0.05) is 19.2 Å². The molecular weight excluding hydrogens is 174 g/mol. The Morgan fingerprint density at radius 3 is 2.50 bits per heavy atom. The molecule has 1 atom stereocenters. The van der Waals surface area contributed by atoms with Crippen molar-refractivity contribution in [3.8, 4) is 0 Å². The Bertz CT molecular complexity index is 126. The van der Waals surface area contributed by atoms with Gasteiger partial charge in [0.05, 0.1) is 6.61 Å². The molecule has 0 aromatic heterocycles. The van der Waals surface area contributed by atoms with Gasteiger partial charge in [0.15, 0.2) is 0 Å². The van der Waals surface area contributed by atoms with Crippen molar-refractivity contribution in [1.82, 2.24) is 5.32 Å². The molecule has 2 heteroatoms. The van der Waals surface area contributed by atoms with Crippen LogP contribution in [-0.4, -0.2) is 25.8 Å². The minimum absolute atomic E-state index is 0.741. The second kappa shape index (κ2) is 7.24. The summed E-state index contributed by atoms with van der Waals surface area (Å²) in [6.45, 7) is 7.63. The molecule has 1 aliphatic heterocycles. The minimum atomic E-state index is 0.741. The van der Waals surface area contributed by atoms with Gasteiger partial charge in [-0.05, 0) is 25.2 Å². The fraction of sp³-hybridized carbons (Fsp3) is 1.00. The summed E-state index contributed by atoms with van der Waals surface area (Å²) in [5, 5.41) is 3.68. The van der Waals surface area contributed by atoms with Crippen molar-refractivity contribution in [2.45, 2.75) is 52.0 Å². The smallest absolute Gasteiger partial charge is 0.0507 e. The molecule has 2 nitrogen and oxygen atoms in total. The molecule has 1 unspecified atom stereocenters. The Hall–Kier alpha value is -0.0800. The van der Waals surface area contributed by atoms with Gasteiger partial charge in [-0.25, -0.2) is 0 Å². The molecule has 0 bridgehead atoms. The molecule has 0 spiro atoms. The Kier molecular flexibility index (Phi) is 6.20. The van der Waals surface area contributed by atoms with Crippen LogP contribution in [0.2, 0.25) is 0 Å². The van der Waals surface area contributed by atoms with E-state index >= 15 is 0 Å². The summed E-state index contributed by atoms with van der Waals surface area (Å²) in [7, 11) is 0. The molecule has 0 aromatic carbocycles. The van der Waals surface area contributed by atoms with Gasteiger partial charge in [0.25, 0.3) is 0 Å². The zero-order valence-electron chi connectivity index (χ0n) is 9.72. The summed E-state index contributed by atoms with van der Waals surface area (Å²) in [5.74, 6) is 0.770. The van der Waals surface area contributed by atoms with Crippen LogP contribution in [0, 0.1) is 5.92 Å². The zero-order valence-corrected chi connectivity index (χ0v) is 9.72. The highest BCUT2D eigenvalue weighted by Crippen LogP contribution is 2.12. The Morgan fingerprint density at radius 1 is 1.29 bits per heavy atom. The van der Waals surface area contributed by atoms with Gasteiger partial charge in [-0.3, -0.25) is 0 Å². The van der Waals surface area contributed by atoms with Crippen molar-refractivity contribution < 1.29 is 4.74 Å². The first-order valence-corrected chi connectivity index (χ1v) is 6.18. The van der Waals surface area contributed by atoms with Gasteiger partial charge >= 0.3 is 0 Å². The van der Waals surface area contributed by atoms with Crippen LogP contribution in [0.4, 0.5) is 0 Å². The molecule has 1 heterocycles. The van der Waals surface area contributed by atoms with Crippen molar-refractivity contribution in [1.29, 1.82) is 0 Å². The third-order valence-corrected chi connectivity index (χ3v) is 2.99. The molecule has 1 saturated heterocycles. The first kappa shape index (κ1) is 12.0. The van der Waals surface area contributed by atoms with Gasteiger partial charge in [-0.2, -0.15) is 0 Å². The largest absolute Gasteiger partial charge is 0.381 e. The number of ether oxygens (including phenoxy) is 1. The molecular formula is C12H25NO. The average Bonchev–Trinajstić information content (AvgIpc) is 2.67. The monoisotopic (exact) mass is 199 g/mol. The lowest BCUT2D eigenvalue weighted by molar-refractivity contribution is 0.184. The molecule has 0 radical (unpaired) electrons. The molecule has 0 aliphatic carbocycles. The van der Waals surface area contributed by atoms with Crippen LogP contribution in [-0.2, 0) is 4.74 Å². The molecule has 1 rings (SSSR count). The number of hydrogen-bond acceptors (Lipinski definition) is 2. The Morgan fingerprint density at radius 2 is 2.00 bits per heavy atom. The third kappa shape index (κ3) is 4.43. The number of nitrogens with one attached hydrogen (secondary N) is 1. The number of hydrogen-bond donors (Lipinski definition) is 1. The van der Waals surface area contributed by atoms with Crippen molar-refractivity contribution in [3.05, 3.63) is 0 Å².